The molecule has 1 aliphatic carbocycles. The number of nitrogens with zero attached hydrogens (tertiary/aromatic N) is 2. The van der Waals surface area contributed by atoms with Crippen molar-refractivity contribution in [1.82, 2.24) is 15.5 Å². The first-order chi connectivity index (χ1) is 9.13. The van der Waals surface area contributed by atoms with E-state index in [0.29, 0.717) is 6.04 Å². The second-order valence-electron chi connectivity index (χ2n) is 4.66. The molecule has 0 aliphatic heterocycles. The van der Waals surface area contributed by atoms with Gasteiger partial charge in [0.2, 0.25) is 5.91 Å². The lowest BCUT2D eigenvalue weighted by molar-refractivity contribution is -0.127. The molecule has 116 valence electrons. The number of carbonyl (C=O) groups is 1. The molecule has 0 saturated carbocycles. The van der Waals surface area contributed by atoms with Gasteiger partial charge in [0.25, 0.3) is 0 Å². The number of carbonyl (C=O) groups excluding carboxylic acids is 1. The van der Waals surface area contributed by atoms with Gasteiger partial charge in [-0.25, -0.2) is 4.99 Å². The Kier molecular flexibility index (Phi) is 11.0. The van der Waals surface area contributed by atoms with Crippen molar-refractivity contribution in [3.8, 4) is 0 Å². The summed E-state index contributed by atoms with van der Waals surface area (Å²) >= 11 is 1.78. The molecule has 0 radical (unpaired) electrons. The number of hydrogen-bond acceptors (Lipinski definition) is 3. The average molecular weight is 412 g/mol. The van der Waals surface area contributed by atoms with Gasteiger partial charge in [-0.3, -0.25) is 4.79 Å². The first-order valence-electron chi connectivity index (χ1n) is 6.52. The Morgan fingerprint density at radius 2 is 2.05 bits per heavy atom. The molecule has 1 aliphatic rings. The van der Waals surface area contributed by atoms with Gasteiger partial charge in [0.15, 0.2) is 5.96 Å². The van der Waals surface area contributed by atoms with Crippen LogP contribution in [0.5, 0.6) is 0 Å². The highest BCUT2D eigenvalue weighted by molar-refractivity contribution is 14.0. The highest BCUT2D eigenvalue weighted by Crippen LogP contribution is 2.08. The minimum absolute atomic E-state index is 0. The van der Waals surface area contributed by atoms with Crippen LogP contribution in [0.4, 0.5) is 0 Å². The third-order valence-electron chi connectivity index (χ3n) is 2.82. The molecule has 0 heterocycles. The summed E-state index contributed by atoms with van der Waals surface area (Å²) < 4.78 is 0. The van der Waals surface area contributed by atoms with Crippen LogP contribution in [-0.2, 0) is 4.79 Å². The number of guanidine groups is 1. The molecule has 0 saturated heterocycles. The predicted octanol–water partition coefficient (Wildman–Crippen LogP) is 1.31. The van der Waals surface area contributed by atoms with Crippen molar-refractivity contribution in [3.05, 3.63) is 12.2 Å². The Balaban J connectivity index is 0.00000361. The van der Waals surface area contributed by atoms with E-state index in [1.54, 1.807) is 30.8 Å². The summed E-state index contributed by atoms with van der Waals surface area (Å²) in [6, 6.07) is 0.398. The predicted molar refractivity (Wildman–Crippen MR) is 98.1 cm³/mol. The van der Waals surface area contributed by atoms with E-state index in [-0.39, 0.29) is 36.4 Å². The minimum atomic E-state index is 0. The molecule has 0 fully saturated rings. The van der Waals surface area contributed by atoms with E-state index >= 15 is 0 Å². The number of thioether (sulfide) groups is 1. The van der Waals surface area contributed by atoms with Crippen LogP contribution in [0.2, 0.25) is 0 Å². The van der Waals surface area contributed by atoms with E-state index in [1.807, 2.05) is 0 Å². The number of hydrogen-bond donors (Lipinski definition) is 2. The van der Waals surface area contributed by atoms with E-state index in [0.717, 1.165) is 31.1 Å². The van der Waals surface area contributed by atoms with Crippen molar-refractivity contribution in [2.75, 3.05) is 39.2 Å². The molecule has 20 heavy (non-hydrogen) atoms. The van der Waals surface area contributed by atoms with E-state index in [9.17, 15) is 4.79 Å². The van der Waals surface area contributed by atoms with E-state index in [2.05, 4.69) is 34.0 Å². The largest absolute Gasteiger partial charge is 0.356 e. The smallest absolute Gasteiger partial charge is 0.243 e. The topological polar surface area (TPSA) is 56.7 Å². The summed E-state index contributed by atoms with van der Waals surface area (Å²) in [6.07, 6.45) is 8.45. The van der Waals surface area contributed by atoms with Crippen LogP contribution < -0.4 is 10.6 Å². The standard InChI is InChI=1S/C13H24N4OS.HI/c1-17(2)12(18)10-15-13(14-8-9-19-3)16-11-6-4-5-7-11;/h4-5,11H,6-10H2,1-3H3,(H2,14,15,16);1H. The molecule has 1 rings (SSSR count). The number of aliphatic imine (C=N–C) groups is 1. The molecule has 0 spiro atoms. The van der Waals surface area contributed by atoms with Crippen LogP contribution in [0.25, 0.3) is 0 Å². The number of halogens is 1. The molecule has 7 heteroatoms. The second kappa shape index (κ2) is 11.2. The van der Waals surface area contributed by atoms with Gasteiger partial charge in [0.1, 0.15) is 6.54 Å². The molecule has 0 bridgehead atoms. The lowest BCUT2D eigenvalue weighted by Gasteiger charge is -2.17. The number of rotatable bonds is 6. The van der Waals surface area contributed by atoms with Crippen LogP contribution in [0.15, 0.2) is 17.1 Å². The Morgan fingerprint density at radius 3 is 2.60 bits per heavy atom. The van der Waals surface area contributed by atoms with Gasteiger partial charge in [-0.2, -0.15) is 11.8 Å². The van der Waals surface area contributed by atoms with Crippen LogP contribution in [0.3, 0.4) is 0 Å². The molecule has 0 aromatic rings. The zero-order valence-electron chi connectivity index (χ0n) is 12.4. The summed E-state index contributed by atoms with van der Waals surface area (Å²) in [4.78, 5) is 17.5. The molecular formula is C13H25IN4OS. The SMILES string of the molecule is CSCCNC(=NCC(=O)N(C)C)NC1CC=CC1.I. The van der Waals surface area contributed by atoms with E-state index in [1.165, 1.54) is 0 Å². The van der Waals surface area contributed by atoms with Gasteiger partial charge >= 0.3 is 0 Å². The molecule has 0 aromatic carbocycles. The zero-order chi connectivity index (χ0) is 14.1. The first-order valence-corrected chi connectivity index (χ1v) is 7.91. The molecule has 1 amide bonds. The summed E-state index contributed by atoms with van der Waals surface area (Å²) in [5.41, 5.74) is 0. The van der Waals surface area contributed by atoms with Gasteiger partial charge in [-0.15, -0.1) is 24.0 Å². The maximum atomic E-state index is 11.6. The fraction of sp³-hybridized carbons (Fsp3) is 0.692. The normalized spacial score (nSPS) is 14.8. The molecule has 0 aromatic heterocycles. The quantitative estimate of drug-likeness (QED) is 0.227. The van der Waals surface area contributed by atoms with Crippen LogP contribution in [-0.4, -0.2) is 62.0 Å². The van der Waals surface area contributed by atoms with E-state index < -0.39 is 0 Å². The maximum Gasteiger partial charge on any atom is 0.243 e. The fourth-order valence-electron chi connectivity index (χ4n) is 1.64. The van der Waals surface area contributed by atoms with Crippen molar-refractivity contribution in [1.29, 1.82) is 0 Å². The molecule has 5 nitrogen and oxygen atoms in total. The highest BCUT2D eigenvalue weighted by atomic mass is 127. The number of likely N-dealkylation sites (N-methyl/N-ethyl adjacent to an activating group) is 1. The van der Waals surface area contributed by atoms with Crippen molar-refractivity contribution in [2.45, 2.75) is 18.9 Å². The number of nitrogens with one attached hydrogen (secondary N) is 2. The summed E-state index contributed by atoms with van der Waals surface area (Å²) in [5.74, 6) is 1.76. The number of amides is 1. The zero-order valence-corrected chi connectivity index (χ0v) is 15.5. The first kappa shape index (κ1) is 19.6. The maximum absolute atomic E-state index is 11.6. The third-order valence-corrected chi connectivity index (χ3v) is 3.43. The fourth-order valence-corrected chi connectivity index (χ4v) is 1.95. The Labute approximate surface area is 143 Å². The van der Waals surface area contributed by atoms with Crippen LogP contribution in [0.1, 0.15) is 12.8 Å². The van der Waals surface area contributed by atoms with Gasteiger partial charge < -0.3 is 15.5 Å². The molecule has 0 unspecified atom stereocenters. The highest BCUT2D eigenvalue weighted by Gasteiger charge is 2.12. The Morgan fingerprint density at radius 1 is 1.40 bits per heavy atom. The van der Waals surface area contributed by atoms with E-state index in [4.69, 9.17) is 0 Å². The Bertz CT molecular complexity index is 339. The lowest BCUT2D eigenvalue weighted by Crippen LogP contribution is -2.44. The summed E-state index contributed by atoms with van der Waals surface area (Å²) in [7, 11) is 3.49. The molecule has 0 atom stereocenters. The third kappa shape index (κ3) is 7.98. The summed E-state index contributed by atoms with van der Waals surface area (Å²) in [5, 5.41) is 6.63. The van der Waals surface area contributed by atoms with Crippen molar-refractivity contribution < 1.29 is 4.79 Å². The monoisotopic (exact) mass is 412 g/mol. The molecule has 2 N–H and O–H groups in total. The minimum Gasteiger partial charge on any atom is -0.356 e. The van der Waals surface area contributed by atoms with Crippen LogP contribution in [0, 0.1) is 0 Å². The second-order valence-corrected chi connectivity index (χ2v) is 5.64. The van der Waals surface area contributed by atoms with Gasteiger partial charge in [-0.05, 0) is 19.1 Å². The van der Waals surface area contributed by atoms with Gasteiger partial charge in [-0.1, -0.05) is 12.2 Å². The van der Waals surface area contributed by atoms with Crippen molar-refractivity contribution in [3.63, 3.8) is 0 Å². The lowest BCUT2D eigenvalue weighted by atomic mass is 10.2. The molecular weight excluding hydrogens is 387 g/mol. The average Bonchev–Trinajstić information content (AvgIpc) is 2.88. The Hall–Kier alpha value is -0.440. The van der Waals surface area contributed by atoms with Gasteiger partial charge in [0, 0.05) is 32.4 Å². The van der Waals surface area contributed by atoms with Gasteiger partial charge in [0.05, 0.1) is 0 Å². The summed E-state index contributed by atoms with van der Waals surface area (Å²) in [6.45, 7) is 1.03. The van der Waals surface area contributed by atoms with Crippen molar-refractivity contribution in [2.24, 2.45) is 4.99 Å². The van der Waals surface area contributed by atoms with Crippen molar-refractivity contribution >= 4 is 47.6 Å². The van der Waals surface area contributed by atoms with Crippen LogP contribution >= 0.6 is 35.7 Å².